The van der Waals surface area contributed by atoms with Crippen molar-refractivity contribution in [2.45, 2.75) is 451 Å². The van der Waals surface area contributed by atoms with Crippen LogP contribution < -0.4 is 0 Å². The average Bonchev–Trinajstić information content (AvgIpc) is 3.47. The van der Waals surface area contributed by atoms with E-state index in [1.165, 1.54) is 347 Å². The van der Waals surface area contributed by atoms with Gasteiger partial charge in [-0.1, -0.05) is 406 Å². The lowest BCUT2D eigenvalue weighted by Gasteiger charge is -2.18. The number of rotatable bonds is 71. The number of carbonyl (C=O) groups excluding carboxylic acids is 3. The van der Waals surface area contributed by atoms with E-state index in [1.54, 1.807) is 0 Å². The van der Waals surface area contributed by atoms with Crippen LogP contribution in [0.1, 0.15) is 445 Å². The molecule has 0 aliphatic carbocycles. The van der Waals surface area contributed by atoms with Crippen LogP contribution in [0.2, 0.25) is 0 Å². The topological polar surface area (TPSA) is 78.9 Å². The first-order valence-corrected chi connectivity index (χ1v) is 37.5. The molecule has 1 atom stereocenters. The zero-order valence-corrected chi connectivity index (χ0v) is 55.6. The predicted octanol–water partition coefficient (Wildman–Crippen LogP) is 25.8. The van der Waals surface area contributed by atoms with E-state index in [0.29, 0.717) is 19.3 Å². The Hall–Kier alpha value is -1.59. The number of esters is 3. The lowest BCUT2D eigenvalue weighted by Crippen LogP contribution is -2.30. The second kappa shape index (κ2) is 70.9. The fourth-order valence-electron chi connectivity index (χ4n) is 12.0. The molecule has 6 nitrogen and oxygen atoms in total. The Bertz CT molecular complexity index is 1220. The molecule has 0 aliphatic heterocycles. The Morgan fingerprint density at radius 2 is 0.333 bits per heavy atom. The minimum absolute atomic E-state index is 0.0599. The third kappa shape index (κ3) is 69.1. The summed E-state index contributed by atoms with van der Waals surface area (Å²) in [6.45, 7) is 6.75. The van der Waals surface area contributed by atoms with Crippen molar-refractivity contribution < 1.29 is 28.6 Å². The van der Waals surface area contributed by atoms with Gasteiger partial charge in [-0.15, -0.1) is 0 Å². The molecule has 0 N–H and O–H groups in total. The summed E-state index contributed by atoms with van der Waals surface area (Å²) in [6.07, 6.45) is 84.4. The third-order valence-corrected chi connectivity index (χ3v) is 17.6. The van der Waals surface area contributed by atoms with Crippen LogP contribution in [-0.2, 0) is 28.6 Å². The Morgan fingerprint density at radius 1 is 0.198 bits per heavy atom. The van der Waals surface area contributed by atoms with Crippen molar-refractivity contribution in [3.63, 3.8) is 0 Å². The SMILES string of the molecule is CCCCCCCCCCCCCCCCCCCCCCCCCCCCCCCC(=O)OCC(COC(=O)CCCCCCCCCCCCCCCCCCC)OC(=O)CCCCCCCCCCCCCCCCCCC. The molecular weight excluding hydrogens is 997 g/mol. The van der Waals surface area contributed by atoms with E-state index in [0.717, 1.165) is 57.8 Å². The molecule has 0 bridgehead atoms. The Labute approximate surface area is 508 Å². The first-order chi connectivity index (χ1) is 40.0. The molecule has 1 unspecified atom stereocenters. The lowest BCUT2D eigenvalue weighted by molar-refractivity contribution is -0.167. The molecule has 0 saturated heterocycles. The van der Waals surface area contributed by atoms with Gasteiger partial charge in [0.25, 0.3) is 0 Å². The second-order valence-electron chi connectivity index (χ2n) is 25.9. The number of carbonyl (C=O) groups is 3. The van der Waals surface area contributed by atoms with Gasteiger partial charge in [-0.2, -0.15) is 0 Å². The number of hydrogen-bond acceptors (Lipinski definition) is 6. The van der Waals surface area contributed by atoms with E-state index in [4.69, 9.17) is 14.2 Å². The van der Waals surface area contributed by atoms with Crippen molar-refractivity contribution in [2.24, 2.45) is 0 Å². The van der Waals surface area contributed by atoms with Crippen LogP contribution in [0.15, 0.2) is 0 Å². The summed E-state index contributed by atoms with van der Waals surface area (Å²) in [7, 11) is 0. The van der Waals surface area contributed by atoms with Crippen molar-refractivity contribution in [3.05, 3.63) is 0 Å². The normalized spacial score (nSPS) is 11.9. The van der Waals surface area contributed by atoms with Crippen molar-refractivity contribution in [1.82, 2.24) is 0 Å². The third-order valence-electron chi connectivity index (χ3n) is 17.6. The molecule has 0 aromatic rings. The van der Waals surface area contributed by atoms with Gasteiger partial charge in [0.15, 0.2) is 6.10 Å². The van der Waals surface area contributed by atoms with Crippen molar-refractivity contribution in [2.75, 3.05) is 13.2 Å². The summed E-state index contributed by atoms with van der Waals surface area (Å²) in [5.41, 5.74) is 0. The summed E-state index contributed by atoms with van der Waals surface area (Å²) in [5, 5.41) is 0. The van der Waals surface area contributed by atoms with Gasteiger partial charge in [0.05, 0.1) is 0 Å². The average molecular weight is 1140 g/mol. The predicted molar refractivity (Wildman–Crippen MR) is 354 cm³/mol. The summed E-state index contributed by atoms with van der Waals surface area (Å²) in [4.78, 5) is 38.5. The van der Waals surface area contributed by atoms with E-state index in [-0.39, 0.29) is 31.1 Å². The molecule has 0 amide bonds. The smallest absolute Gasteiger partial charge is 0.306 e. The van der Waals surface area contributed by atoms with Crippen LogP contribution in [0.4, 0.5) is 0 Å². The molecule has 0 fully saturated rings. The molecule has 6 heteroatoms. The highest BCUT2D eigenvalue weighted by molar-refractivity contribution is 5.71. The molecule has 0 rings (SSSR count). The second-order valence-corrected chi connectivity index (χ2v) is 25.9. The summed E-state index contributed by atoms with van der Waals surface area (Å²) < 4.78 is 17.0. The molecule has 0 aromatic carbocycles. The van der Waals surface area contributed by atoms with E-state index in [1.807, 2.05) is 0 Å². The van der Waals surface area contributed by atoms with E-state index < -0.39 is 6.10 Å². The van der Waals surface area contributed by atoms with Gasteiger partial charge in [0.1, 0.15) is 13.2 Å². The Kier molecular flexibility index (Phi) is 69.5. The molecule has 0 radical (unpaired) electrons. The summed E-state index contributed by atoms with van der Waals surface area (Å²) in [6, 6.07) is 0. The van der Waals surface area contributed by atoms with Crippen molar-refractivity contribution in [1.29, 1.82) is 0 Å². The Morgan fingerprint density at radius 3 is 0.494 bits per heavy atom. The standard InChI is InChI=1S/C75H146O6/c1-4-7-10-13-16-19-22-25-28-31-32-33-34-35-36-37-38-39-40-41-42-45-47-50-53-56-59-62-65-68-74(77)80-71-72(81-75(78)69-66-63-60-57-54-51-48-44-30-27-24-21-18-15-12-9-6-3)70-79-73(76)67-64-61-58-55-52-49-46-43-29-26-23-20-17-14-11-8-5-2/h72H,4-71H2,1-3H3. The maximum atomic E-state index is 13.0. The molecule has 81 heavy (non-hydrogen) atoms. The number of ether oxygens (including phenoxy) is 3. The van der Waals surface area contributed by atoms with Crippen LogP contribution in [0, 0.1) is 0 Å². The highest BCUT2D eigenvalue weighted by Gasteiger charge is 2.20. The molecule has 0 heterocycles. The van der Waals surface area contributed by atoms with E-state index in [9.17, 15) is 14.4 Å². The highest BCUT2D eigenvalue weighted by Crippen LogP contribution is 2.20. The maximum Gasteiger partial charge on any atom is 0.306 e. The number of hydrogen-bond donors (Lipinski definition) is 0. The van der Waals surface area contributed by atoms with Crippen LogP contribution in [0.5, 0.6) is 0 Å². The first-order valence-electron chi connectivity index (χ1n) is 37.5. The molecule has 0 saturated carbocycles. The van der Waals surface area contributed by atoms with Gasteiger partial charge in [0.2, 0.25) is 0 Å². The summed E-state index contributed by atoms with van der Waals surface area (Å²) in [5.74, 6) is -0.816. The minimum atomic E-state index is -0.764. The molecule has 0 aliphatic rings. The number of unbranched alkanes of at least 4 members (excludes halogenated alkanes) is 60. The zero-order chi connectivity index (χ0) is 58.5. The maximum absolute atomic E-state index is 13.0. The molecule has 0 aromatic heterocycles. The highest BCUT2D eigenvalue weighted by atomic mass is 16.6. The van der Waals surface area contributed by atoms with Gasteiger partial charge in [-0.05, 0) is 19.3 Å². The van der Waals surface area contributed by atoms with E-state index >= 15 is 0 Å². The van der Waals surface area contributed by atoms with Crippen LogP contribution in [-0.4, -0.2) is 37.2 Å². The fraction of sp³-hybridized carbons (Fsp3) is 0.960. The quantitative estimate of drug-likeness (QED) is 0.0343. The monoisotopic (exact) mass is 1140 g/mol. The zero-order valence-electron chi connectivity index (χ0n) is 55.6. The molecular formula is C75H146O6. The minimum Gasteiger partial charge on any atom is -0.462 e. The van der Waals surface area contributed by atoms with E-state index in [2.05, 4.69) is 20.8 Å². The van der Waals surface area contributed by atoms with Gasteiger partial charge in [-0.25, -0.2) is 0 Å². The van der Waals surface area contributed by atoms with Gasteiger partial charge >= 0.3 is 17.9 Å². The lowest BCUT2D eigenvalue weighted by atomic mass is 10.0. The van der Waals surface area contributed by atoms with Gasteiger partial charge < -0.3 is 14.2 Å². The largest absolute Gasteiger partial charge is 0.462 e. The first kappa shape index (κ1) is 79.4. The van der Waals surface area contributed by atoms with Gasteiger partial charge in [0, 0.05) is 19.3 Å². The molecule has 482 valence electrons. The van der Waals surface area contributed by atoms with Crippen molar-refractivity contribution >= 4 is 17.9 Å². The Balaban J connectivity index is 4.16. The van der Waals surface area contributed by atoms with Crippen molar-refractivity contribution in [3.8, 4) is 0 Å². The van der Waals surface area contributed by atoms with Crippen LogP contribution in [0.25, 0.3) is 0 Å². The summed E-state index contributed by atoms with van der Waals surface area (Å²) >= 11 is 0. The molecule has 0 spiro atoms. The fourth-order valence-corrected chi connectivity index (χ4v) is 12.0. The van der Waals surface area contributed by atoms with Crippen LogP contribution >= 0.6 is 0 Å². The van der Waals surface area contributed by atoms with Gasteiger partial charge in [-0.3, -0.25) is 14.4 Å². The van der Waals surface area contributed by atoms with Crippen LogP contribution in [0.3, 0.4) is 0 Å².